The van der Waals surface area contributed by atoms with E-state index in [4.69, 9.17) is 14.2 Å². The predicted molar refractivity (Wildman–Crippen MR) is 284 cm³/mol. The van der Waals surface area contributed by atoms with Crippen LogP contribution in [0.2, 0.25) is 0 Å². The van der Waals surface area contributed by atoms with E-state index in [-0.39, 0.29) is 36.2 Å². The number of carboxylic acid groups (broad SMARTS) is 1. The number of rotatable bonds is 46. The largest absolute Gasteiger partial charge is 0.477 e. The molecular weight excluding hydrogens is 835 g/mol. The van der Waals surface area contributed by atoms with Gasteiger partial charge in [0.2, 0.25) is 0 Å². The zero-order valence-corrected chi connectivity index (χ0v) is 43.3. The van der Waals surface area contributed by atoms with Gasteiger partial charge in [0.15, 0.2) is 12.1 Å². The van der Waals surface area contributed by atoms with E-state index in [0.717, 1.165) is 89.9 Å². The minimum atomic E-state index is -0.886. The van der Waals surface area contributed by atoms with Crippen molar-refractivity contribution in [3.05, 3.63) is 109 Å². The molecule has 380 valence electrons. The number of carbonyl (C=O) groups is 3. The number of nitrogens with zero attached hydrogens (tertiary/aromatic N) is 1. The fourth-order valence-corrected chi connectivity index (χ4v) is 7.10. The van der Waals surface area contributed by atoms with Gasteiger partial charge in [-0.2, -0.15) is 0 Å². The van der Waals surface area contributed by atoms with Crippen LogP contribution in [0.25, 0.3) is 0 Å². The third kappa shape index (κ3) is 46.9. The number of esters is 2. The third-order valence-electron chi connectivity index (χ3n) is 11.2. The molecule has 0 aromatic carbocycles. The molecule has 2 unspecified atom stereocenters. The Labute approximate surface area is 410 Å². The molecule has 0 spiro atoms. The number of carboxylic acids is 1. The van der Waals surface area contributed by atoms with Gasteiger partial charge in [-0.15, -0.1) is 0 Å². The second-order valence-corrected chi connectivity index (χ2v) is 18.4. The monoisotopic (exact) mass is 933 g/mol. The van der Waals surface area contributed by atoms with Gasteiger partial charge in [-0.25, -0.2) is 4.79 Å². The molecule has 0 aromatic heterocycles. The van der Waals surface area contributed by atoms with Crippen LogP contribution in [0.4, 0.5) is 0 Å². The van der Waals surface area contributed by atoms with E-state index in [0.29, 0.717) is 25.7 Å². The zero-order valence-electron chi connectivity index (χ0n) is 43.3. The highest BCUT2D eigenvalue weighted by atomic mass is 16.6. The van der Waals surface area contributed by atoms with Crippen LogP contribution in [0.3, 0.4) is 0 Å². The van der Waals surface area contributed by atoms with Gasteiger partial charge in [-0.1, -0.05) is 181 Å². The molecule has 0 aliphatic carbocycles. The number of quaternary nitrogens is 1. The summed E-state index contributed by atoms with van der Waals surface area (Å²) >= 11 is 0. The number of hydrogen-bond donors (Lipinski definition) is 1. The molecule has 0 aliphatic heterocycles. The minimum Gasteiger partial charge on any atom is -0.477 e. The number of aliphatic carboxylic acids is 1. The minimum absolute atomic E-state index is 0.0379. The molecule has 0 aromatic rings. The fourth-order valence-electron chi connectivity index (χ4n) is 7.10. The molecule has 0 heterocycles. The summed E-state index contributed by atoms with van der Waals surface area (Å²) in [6.45, 7) is 4.54. The topological polar surface area (TPSA) is 99.1 Å². The van der Waals surface area contributed by atoms with Gasteiger partial charge in [-0.3, -0.25) is 9.59 Å². The van der Waals surface area contributed by atoms with Gasteiger partial charge in [0.05, 0.1) is 34.4 Å². The molecule has 2 atom stereocenters. The van der Waals surface area contributed by atoms with Crippen LogP contribution in [0.1, 0.15) is 194 Å². The number of allylic oxidation sites excluding steroid dienone is 18. The highest BCUT2D eigenvalue weighted by molar-refractivity contribution is 5.72. The lowest BCUT2D eigenvalue weighted by molar-refractivity contribution is -0.887. The summed E-state index contributed by atoms with van der Waals surface area (Å²) in [5.41, 5.74) is 0. The maximum absolute atomic E-state index is 12.8. The highest BCUT2D eigenvalue weighted by Gasteiger charge is 2.31. The molecule has 0 saturated heterocycles. The van der Waals surface area contributed by atoms with Crippen molar-refractivity contribution in [1.29, 1.82) is 0 Å². The van der Waals surface area contributed by atoms with Crippen molar-refractivity contribution in [1.82, 2.24) is 0 Å². The lowest BCUT2D eigenvalue weighted by Crippen LogP contribution is -2.50. The Morgan fingerprint density at radius 3 is 1.27 bits per heavy atom. The predicted octanol–water partition coefficient (Wildman–Crippen LogP) is 15.6. The first-order valence-corrected chi connectivity index (χ1v) is 26.4. The summed E-state index contributed by atoms with van der Waals surface area (Å²) in [6.07, 6.45) is 67.1. The Bertz CT molecular complexity index is 1460. The van der Waals surface area contributed by atoms with E-state index in [1.807, 2.05) is 21.1 Å². The van der Waals surface area contributed by atoms with Crippen LogP contribution in [0.15, 0.2) is 109 Å². The average Bonchev–Trinajstić information content (AvgIpc) is 3.29. The van der Waals surface area contributed by atoms with Gasteiger partial charge in [0.25, 0.3) is 0 Å². The number of carbonyl (C=O) groups excluding carboxylic acids is 2. The summed E-state index contributed by atoms with van der Waals surface area (Å²) in [5.74, 6) is -1.54. The SMILES string of the molecule is CC/C=C/C/C=C/C/C=C/C/C=C/C/C=C/C/C=C/CCCCC(=O)OCC(COCCC(C(=O)O)[N+](C)(C)C)OC(=O)CCCCCCCCCCC/C=C/C/C=C/C/C=C/CCCCC. The Morgan fingerprint density at radius 1 is 0.463 bits per heavy atom. The molecule has 0 fully saturated rings. The summed E-state index contributed by atoms with van der Waals surface area (Å²) in [7, 11) is 5.51. The van der Waals surface area contributed by atoms with Crippen LogP contribution in [0.5, 0.6) is 0 Å². The van der Waals surface area contributed by atoms with E-state index >= 15 is 0 Å². The van der Waals surface area contributed by atoms with E-state index < -0.39 is 18.1 Å². The van der Waals surface area contributed by atoms with Crippen molar-refractivity contribution in [2.75, 3.05) is 41.0 Å². The van der Waals surface area contributed by atoms with Crippen molar-refractivity contribution in [2.45, 2.75) is 206 Å². The molecule has 0 radical (unpaired) electrons. The summed E-state index contributed by atoms with van der Waals surface area (Å²) in [5, 5.41) is 9.66. The van der Waals surface area contributed by atoms with Gasteiger partial charge in [0.1, 0.15) is 6.61 Å². The fraction of sp³-hybridized carbons (Fsp3) is 0.644. The third-order valence-corrected chi connectivity index (χ3v) is 11.2. The second kappa shape index (κ2) is 48.4. The number of ether oxygens (including phenoxy) is 3. The van der Waals surface area contributed by atoms with Crippen molar-refractivity contribution in [3.63, 3.8) is 0 Å². The average molecular weight is 933 g/mol. The lowest BCUT2D eigenvalue weighted by Gasteiger charge is -2.31. The van der Waals surface area contributed by atoms with E-state index in [1.165, 1.54) is 64.2 Å². The second-order valence-electron chi connectivity index (χ2n) is 18.4. The van der Waals surface area contributed by atoms with Crippen LogP contribution >= 0.6 is 0 Å². The lowest BCUT2D eigenvalue weighted by atomic mass is 10.1. The summed E-state index contributed by atoms with van der Waals surface area (Å²) < 4.78 is 17.3. The van der Waals surface area contributed by atoms with Gasteiger partial charge in [0, 0.05) is 19.3 Å². The summed E-state index contributed by atoms with van der Waals surface area (Å²) in [6, 6.07) is -0.630. The first-order chi connectivity index (χ1) is 32.6. The molecule has 0 saturated carbocycles. The maximum Gasteiger partial charge on any atom is 0.362 e. The van der Waals surface area contributed by atoms with Crippen LogP contribution in [-0.4, -0.2) is 80.6 Å². The van der Waals surface area contributed by atoms with Crippen LogP contribution in [0, 0.1) is 0 Å². The maximum atomic E-state index is 12.8. The normalized spacial score (nSPS) is 13.7. The standard InChI is InChI=1S/C59H97NO7/c1-6-8-10-12-14-16-18-20-22-24-26-28-30-32-34-36-38-40-42-44-46-48-50-58(62)67-55(53-65-52-51-56(59(63)64)60(3,4)5)54-66-57(61)49-47-45-43-41-39-37-35-33-31-29-27-25-23-21-19-17-15-13-11-9-7-2/h9,11,14-17,20-23,26-29,33,35,39,41,55-56H,6-8,10,12-13,18-19,24-25,30-32,34,36-38,40,42-54H2,1-5H3/p+1/b11-9+,16-14+,17-15+,22-20+,23-21+,28-26+,29-27+,35-33+,41-39+. The first-order valence-electron chi connectivity index (χ1n) is 26.4. The van der Waals surface area contributed by atoms with Crippen LogP contribution < -0.4 is 0 Å². The molecule has 0 rings (SSSR count). The smallest absolute Gasteiger partial charge is 0.362 e. The zero-order chi connectivity index (χ0) is 49.2. The Balaban J connectivity index is 4.35. The van der Waals surface area contributed by atoms with Gasteiger partial charge >= 0.3 is 17.9 Å². The molecule has 8 heteroatoms. The molecule has 8 nitrogen and oxygen atoms in total. The quantitative estimate of drug-likeness (QED) is 0.0281. The molecule has 0 amide bonds. The van der Waals surface area contributed by atoms with Crippen molar-refractivity contribution >= 4 is 17.9 Å². The van der Waals surface area contributed by atoms with Crippen molar-refractivity contribution < 1.29 is 38.2 Å². The van der Waals surface area contributed by atoms with Crippen molar-refractivity contribution in [2.24, 2.45) is 0 Å². The molecule has 0 bridgehead atoms. The number of likely N-dealkylation sites (N-methyl/N-ethyl adjacent to an activating group) is 1. The Hall–Kier alpha value is -4.01. The van der Waals surface area contributed by atoms with E-state index in [2.05, 4.69) is 123 Å². The van der Waals surface area contributed by atoms with Crippen molar-refractivity contribution in [3.8, 4) is 0 Å². The molecule has 67 heavy (non-hydrogen) atoms. The first kappa shape index (κ1) is 63.0. The van der Waals surface area contributed by atoms with E-state index in [1.54, 1.807) is 0 Å². The Morgan fingerprint density at radius 2 is 0.836 bits per heavy atom. The molecular formula is C59H98NO7+. The van der Waals surface area contributed by atoms with Crippen LogP contribution in [-0.2, 0) is 28.6 Å². The number of hydrogen-bond acceptors (Lipinski definition) is 6. The molecule has 0 aliphatic rings. The van der Waals surface area contributed by atoms with Gasteiger partial charge in [-0.05, 0) is 103 Å². The molecule has 1 N–H and O–H groups in total. The van der Waals surface area contributed by atoms with Gasteiger partial charge < -0.3 is 23.8 Å². The Kier molecular flexibility index (Phi) is 45.5. The number of unbranched alkanes of at least 4 members (excludes halogenated alkanes) is 14. The van der Waals surface area contributed by atoms with E-state index in [9.17, 15) is 19.5 Å². The highest BCUT2D eigenvalue weighted by Crippen LogP contribution is 2.14. The summed E-state index contributed by atoms with van der Waals surface area (Å²) in [4.78, 5) is 37.2.